The quantitative estimate of drug-likeness (QED) is 0.683. The van der Waals surface area contributed by atoms with Gasteiger partial charge in [0.1, 0.15) is 5.75 Å². The summed E-state index contributed by atoms with van der Waals surface area (Å²) in [7, 11) is 0. The first-order valence-corrected chi connectivity index (χ1v) is 6.66. The van der Waals surface area contributed by atoms with Gasteiger partial charge in [-0.1, -0.05) is 24.3 Å². The molecule has 1 unspecified atom stereocenters. The van der Waals surface area contributed by atoms with Crippen LogP contribution in [0.4, 0.5) is 0 Å². The van der Waals surface area contributed by atoms with Gasteiger partial charge in [-0.2, -0.15) is 5.10 Å². The third kappa shape index (κ3) is 2.26. The molecule has 2 aromatic carbocycles. The van der Waals surface area contributed by atoms with Crippen LogP contribution in [0.15, 0.2) is 42.5 Å². The number of phenols is 1. The van der Waals surface area contributed by atoms with E-state index in [2.05, 4.69) is 10.2 Å². The van der Waals surface area contributed by atoms with Gasteiger partial charge in [0.05, 0.1) is 5.52 Å². The van der Waals surface area contributed by atoms with Gasteiger partial charge in [-0.3, -0.25) is 5.10 Å². The first-order valence-electron chi connectivity index (χ1n) is 6.66. The molecule has 0 saturated carbocycles. The highest BCUT2D eigenvalue weighted by molar-refractivity contribution is 5.87. The van der Waals surface area contributed by atoms with Crippen molar-refractivity contribution in [2.75, 3.05) is 0 Å². The molecular weight excluding hydrogens is 250 g/mol. The first kappa shape index (κ1) is 12.7. The van der Waals surface area contributed by atoms with E-state index in [1.807, 2.05) is 43.3 Å². The van der Waals surface area contributed by atoms with Crippen molar-refractivity contribution in [1.82, 2.24) is 10.2 Å². The van der Waals surface area contributed by atoms with E-state index < -0.39 is 0 Å². The van der Waals surface area contributed by atoms with Gasteiger partial charge in [0, 0.05) is 29.1 Å². The molecule has 4 heteroatoms. The third-order valence-corrected chi connectivity index (χ3v) is 3.37. The third-order valence-electron chi connectivity index (χ3n) is 3.37. The van der Waals surface area contributed by atoms with Crippen molar-refractivity contribution in [2.45, 2.75) is 19.4 Å². The van der Waals surface area contributed by atoms with Crippen molar-refractivity contribution in [3.8, 4) is 16.9 Å². The SMILES string of the molecule is CC(N)Cc1[nH]nc2ccc(-c3ccccc3O)cc12. The van der Waals surface area contributed by atoms with Crippen molar-refractivity contribution in [3.05, 3.63) is 48.2 Å². The van der Waals surface area contributed by atoms with Crippen LogP contribution >= 0.6 is 0 Å². The molecule has 3 aromatic rings. The summed E-state index contributed by atoms with van der Waals surface area (Å²) < 4.78 is 0. The van der Waals surface area contributed by atoms with E-state index >= 15 is 0 Å². The van der Waals surface area contributed by atoms with Crippen molar-refractivity contribution in [2.24, 2.45) is 5.73 Å². The summed E-state index contributed by atoms with van der Waals surface area (Å²) >= 11 is 0. The molecule has 0 radical (unpaired) electrons. The van der Waals surface area contributed by atoms with Crippen molar-refractivity contribution >= 4 is 10.9 Å². The molecule has 0 aliphatic heterocycles. The zero-order valence-corrected chi connectivity index (χ0v) is 11.3. The summed E-state index contributed by atoms with van der Waals surface area (Å²) in [6.45, 7) is 1.97. The predicted octanol–water partition coefficient (Wildman–Crippen LogP) is 2.83. The van der Waals surface area contributed by atoms with Crippen molar-refractivity contribution in [3.63, 3.8) is 0 Å². The van der Waals surface area contributed by atoms with Gasteiger partial charge in [-0.05, 0) is 30.7 Å². The molecule has 0 bridgehead atoms. The number of hydrogen-bond donors (Lipinski definition) is 3. The topological polar surface area (TPSA) is 74.9 Å². The number of fused-ring (bicyclic) bond motifs is 1. The van der Waals surface area contributed by atoms with E-state index in [0.29, 0.717) is 0 Å². The number of benzene rings is 2. The smallest absolute Gasteiger partial charge is 0.123 e. The fourth-order valence-corrected chi connectivity index (χ4v) is 2.43. The van der Waals surface area contributed by atoms with Gasteiger partial charge in [0.15, 0.2) is 0 Å². The second-order valence-corrected chi connectivity index (χ2v) is 5.13. The zero-order valence-electron chi connectivity index (χ0n) is 11.3. The van der Waals surface area contributed by atoms with Crippen LogP contribution in [0.3, 0.4) is 0 Å². The van der Waals surface area contributed by atoms with Crippen LogP contribution in [0.5, 0.6) is 5.75 Å². The first-order chi connectivity index (χ1) is 9.65. The molecule has 0 saturated heterocycles. The lowest BCUT2D eigenvalue weighted by atomic mass is 10.0. The molecule has 4 N–H and O–H groups in total. The molecule has 1 heterocycles. The lowest BCUT2D eigenvalue weighted by Crippen LogP contribution is -2.18. The Morgan fingerprint density at radius 3 is 2.80 bits per heavy atom. The molecule has 0 spiro atoms. The largest absolute Gasteiger partial charge is 0.507 e. The van der Waals surface area contributed by atoms with Gasteiger partial charge >= 0.3 is 0 Å². The number of rotatable bonds is 3. The van der Waals surface area contributed by atoms with Crippen molar-refractivity contribution < 1.29 is 5.11 Å². The Balaban J connectivity index is 2.12. The molecule has 102 valence electrons. The minimum absolute atomic E-state index is 0.0763. The maximum absolute atomic E-state index is 9.96. The number of nitrogens with two attached hydrogens (primary N) is 1. The summed E-state index contributed by atoms with van der Waals surface area (Å²) in [6, 6.07) is 13.4. The number of phenolic OH excluding ortho intramolecular Hbond substituents is 1. The standard InChI is InChI=1S/C16H17N3O/c1-10(17)8-15-13-9-11(6-7-14(13)18-19-15)12-4-2-3-5-16(12)20/h2-7,9-10,20H,8,17H2,1H3,(H,18,19). The summed E-state index contributed by atoms with van der Waals surface area (Å²) in [5.74, 6) is 0.282. The zero-order chi connectivity index (χ0) is 14.1. The fraction of sp³-hybridized carbons (Fsp3) is 0.188. The maximum Gasteiger partial charge on any atom is 0.123 e. The van der Waals surface area contributed by atoms with Gasteiger partial charge in [-0.15, -0.1) is 0 Å². The normalized spacial score (nSPS) is 12.7. The summed E-state index contributed by atoms with van der Waals surface area (Å²) in [5, 5.41) is 18.3. The number of aromatic nitrogens is 2. The van der Waals surface area contributed by atoms with E-state index in [4.69, 9.17) is 5.73 Å². The summed E-state index contributed by atoms with van der Waals surface area (Å²) in [6.07, 6.45) is 0.751. The Morgan fingerprint density at radius 1 is 1.25 bits per heavy atom. The van der Waals surface area contributed by atoms with Gasteiger partial charge in [0.25, 0.3) is 0 Å². The second-order valence-electron chi connectivity index (χ2n) is 5.13. The van der Waals surface area contributed by atoms with Crippen LogP contribution < -0.4 is 5.73 Å². The minimum Gasteiger partial charge on any atom is -0.507 e. The highest BCUT2D eigenvalue weighted by Gasteiger charge is 2.10. The second kappa shape index (κ2) is 4.98. The average molecular weight is 267 g/mol. The molecule has 0 amide bonds. The Kier molecular flexibility index (Phi) is 3.16. The fourth-order valence-electron chi connectivity index (χ4n) is 2.43. The van der Waals surface area contributed by atoms with E-state index in [1.54, 1.807) is 6.07 Å². The molecule has 0 fully saturated rings. The van der Waals surface area contributed by atoms with Gasteiger partial charge in [0.2, 0.25) is 0 Å². The lowest BCUT2D eigenvalue weighted by Gasteiger charge is -2.06. The molecular formula is C16H17N3O. The highest BCUT2D eigenvalue weighted by atomic mass is 16.3. The van der Waals surface area contributed by atoms with Crippen molar-refractivity contribution in [1.29, 1.82) is 0 Å². The van der Waals surface area contributed by atoms with E-state index in [0.717, 1.165) is 34.1 Å². The van der Waals surface area contributed by atoms with Crippen LogP contribution in [0.2, 0.25) is 0 Å². The van der Waals surface area contributed by atoms with Crippen LogP contribution in [-0.4, -0.2) is 21.3 Å². The Morgan fingerprint density at radius 2 is 2.05 bits per heavy atom. The van der Waals surface area contributed by atoms with Crippen LogP contribution in [0.25, 0.3) is 22.0 Å². The number of nitrogens with zero attached hydrogens (tertiary/aromatic N) is 1. The Hall–Kier alpha value is -2.33. The number of H-pyrrole nitrogens is 1. The van der Waals surface area contributed by atoms with E-state index in [9.17, 15) is 5.11 Å². The van der Waals surface area contributed by atoms with E-state index in [1.165, 1.54) is 0 Å². The molecule has 0 aliphatic rings. The van der Waals surface area contributed by atoms with Crippen LogP contribution in [0, 0.1) is 0 Å². The molecule has 20 heavy (non-hydrogen) atoms. The number of aromatic amines is 1. The van der Waals surface area contributed by atoms with E-state index in [-0.39, 0.29) is 11.8 Å². The highest BCUT2D eigenvalue weighted by Crippen LogP contribution is 2.31. The number of hydrogen-bond acceptors (Lipinski definition) is 3. The molecule has 4 nitrogen and oxygen atoms in total. The molecule has 1 atom stereocenters. The average Bonchev–Trinajstić information content (AvgIpc) is 2.81. The minimum atomic E-state index is 0.0763. The Labute approximate surface area is 117 Å². The summed E-state index contributed by atoms with van der Waals surface area (Å²) in [5.41, 5.74) is 9.61. The van der Waals surface area contributed by atoms with Crippen LogP contribution in [0.1, 0.15) is 12.6 Å². The van der Waals surface area contributed by atoms with Gasteiger partial charge < -0.3 is 10.8 Å². The molecule has 1 aromatic heterocycles. The predicted molar refractivity (Wildman–Crippen MR) is 80.5 cm³/mol. The molecule has 0 aliphatic carbocycles. The number of nitrogens with one attached hydrogen (secondary N) is 1. The maximum atomic E-state index is 9.96. The number of aromatic hydroxyl groups is 1. The van der Waals surface area contributed by atoms with Crippen LogP contribution in [-0.2, 0) is 6.42 Å². The van der Waals surface area contributed by atoms with Gasteiger partial charge in [-0.25, -0.2) is 0 Å². The monoisotopic (exact) mass is 267 g/mol. The Bertz CT molecular complexity index is 746. The lowest BCUT2D eigenvalue weighted by molar-refractivity contribution is 0.477. The summed E-state index contributed by atoms with van der Waals surface area (Å²) in [4.78, 5) is 0. The number of para-hydroxylation sites is 1. The molecule has 3 rings (SSSR count).